The number of Topliss-reactive ketones (excluding diaryl/α,β-unsaturated/α-hetero) is 1. The highest BCUT2D eigenvalue weighted by Crippen LogP contribution is 2.40. The third-order valence-electron chi connectivity index (χ3n) is 6.18. The lowest BCUT2D eigenvalue weighted by molar-refractivity contribution is 0.0971. The zero-order valence-electron chi connectivity index (χ0n) is 20.6. The number of thioether (sulfide) groups is 1. The minimum Gasteiger partial charge on any atom is -0.544 e. The van der Waals surface area contributed by atoms with Crippen LogP contribution in [-0.2, 0) is 0 Å². The van der Waals surface area contributed by atoms with Crippen LogP contribution >= 0.6 is 11.8 Å². The van der Waals surface area contributed by atoms with Crippen LogP contribution in [-0.4, -0.2) is 52.3 Å². The van der Waals surface area contributed by atoms with Crippen molar-refractivity contribution >= 4 is 30.9 Å². The fraction of sp³-hybridized carbons (Fsp3) is 0.440. The van der Waals surface area contributed by atoms with Gasteiger partial charge in [-0.1, -0.05) is 20.8 Å². The first kappa shape index (κ1) is 25.2. The van der Waals surface area contributed by atoms with Gasteiger partial charge in [0.05, 0.1) is 26.4 Å². The van der Waals surface area contributed by atoms with Crippen LogP contribution in [0.4, 0.5) is 0 Å². The molecule has 2 aromatic carbocycles. The van der Waals surface area contributed by atoms with Gasteiger partial charge >= 0.3 is 0 Å². The van der Waals surface area contributed by atoms with Crippen molar-refractivity contribution in [3.63, 3.8) is 0 Å². The number of nitrogens with zero attached hydrogens (tertiary/aromatic N) is 1. The summed E-state index contributed by atoms with van der Waals surface area (Å²) in [6.45, 7) is 11.1. The van der Waals surface area contributed by atoms with E-state index >= 15 is 0 Å². The molecule has 0 saturated heterocycles. The molecular weight excluding hydrogens is 454 g/mol. The molecular formula is C25H33NO5SSi. The summed E-state index contributed by atoms with van der Waals surface area (Å²) in [5.74, 6) is 2.75. The highest BCUT2D eigenvalue weighted by Gasteiger charge is 2.39. The van der Waals surface area contributed by atoms with Crippen molar-refractivity contribution in [3.05, 3.63) is 47.5 Å². The van der Waals surface area contributed by atoms with Gasteiger partial charge < -0.3 is 18.6 Å². The van der Waals surface area contributed by atoms with E-state index in [0.29, 0.717) is 28.6 Å². The summed E-state index contributed by atoms with van der Waals surface area (Å²) in [6.07, 6.45) is 0. The average Bonchev–Trinajstić information content (AvgIpc) is 3.27. The molecule has 0 aliphatic carbocycles. The predicted molar refractivity (Wildman–Crippen MR) is 137 cm³/mol. The van der Waals surface area contributed by atoms with Crippen molar-refractivity contribution in [2.45, 2.75) is 44.9 Å². The summed E-state index contributed by atoms with van der Waals surface area (Å²) in [6, 6.07) is 10.9. The first-order valence-corrected chi connectivity index (χ1v) is 14.7. The van der Waals surface area contributed by atoms with Crippen molar-refractivity contribution in [3.8, 4) is 23.0 Å². The predicted octanol–water partition coefficient (Wildman–Crippen LogP) is 5.84. The Hall–Kier alpha value is -2.45. The van der Waals surface area contributed by atoms with Gasteiger partial charge in [-0.3, -0.25) is 9.79 Å². The fourth-order valence-electron chi connectivity index (χ4n) is 3.20. The third kappa shape index (κ3) is 5.38. The lowest BCUT2D eigenvalue weighted by Crippen LogP contribution is -2.43. The summed E-state index contributed by atoms with van der Waals surface area (Å²) in [7, 11) is 2.71. The Labute approximate surface area is 201 Å². The average molecular weight is 488 g/mol. The zero-order chi connectivity index (χ0) is 24.4. The first-order valence-electron chi connectivity index (χ1n) is 10.8. The SMILES string of the molecule is COc1cc(C(=O)[C@@H]2CSC(c3ccc(O[Si](C)(C)C(C)(C)C)cc3)=N2)cc(OC)c1OC. The number of ketones is 1. The fourth-order valence-corrected chi connectivity index (χ4v) is 5.27. The van der Waals surface area contributed by atoms with Crippen LogP contribution in [0.25, 0.3) is 0 Å². The van der Waals surface area contributed by atoms with Crippen molar-refractivity contribution < 1.29 is 23.4 Å². The Morgan fingerprint density at radius 2 is 1.58 bits per heavy atom. The molecule has 6 nitrogen and oxygen atoms in total. The molecule has 0 fully saturated rings. The molecule has 3 rings (SSSR count). The smallest absolute Gasteiger partial charge is 0.250 e. The van der Waals surface area contributed by atoms with Gasteiger partial charge in [0.1, 0.15) is 11.8 Å². The third-order valence-corrected chi connectivity index (χ3v) is 11.6. The van der Waals surface area contributed by atoms with E-state index in [1.807, 2.05) is 24.3 Å². The number of hydrogen-bond acceptors (Lipinski definition) is 7. The number of aliphatic imine (C=N–C) groups is 1. The second kappa shape index (κ2) is 9.81. The largest absolute Gasteiger partial charge is 0.544 e. The minimum absolute atomic E-state index is 0.0744. The molecule has 0 N–H and O–H groups in total. The van der Waals surface area contributed by atoms with Gasteiger partial charge in [0.2, 0.25) is 14.1 Å². The van der Waals surface area contributed by atoms with Gasteiger partial charge in [-0.15, -0.1) is 11.8 Å². The van der Waals surface area contributed by atoms with E-state index in [-0.39, 0.29) is 10.8 Å². The van der Waals surface area contributed by atoms with E-state index in [9.17, 15) is 4.79 Å². The van der Waals surface area contributed by atoms with Crippen LogP contribution in [0.2, 0.25) is 18.1 Å². The number of carbonyl (C=O) groups excluding carboxylic acids is 1. The lowest BCUT2D eigenvalue weighted by Gasteiger charge is -2.36. The summed E-state index contributed by atoms with van der Waals surface area (Å²) in [5.41, 5.74) is 1.47. The van der Waals surface area contributed by atoms with E-state index in [1.165, 1.54) is 21.3 Å². The van der Waals surface area contributed by atoms with Crippen LogP contribution in [0.15, 0.2) is 41.4 Å². The van der Waals surface area contributed by atoms with Crippen LogP contribution in [0, 0.1) is 0 Å². The molecule has 0 bridgehead atoms. The molecule has 1 aliphatic heterocycles. The maximum Gasteiger partial charge on any atom is 0.250 e. The van der Waals surface area contributed by atoms with Crippen LogP contribution in [0.5, 0.6) is 23.0 Å². The van der Waals surface area contributed by atoms with Gasteiger partial charge in [0, 0.05) is 16.9 Å². The van der Waals surface area contributed by atoms with Gasteiger partial charge in [-0.2, -0.15) is 0 Å². The number of ether oxygens (including phenoxy) is 3. The summed E-state index contributed by atoms with van der Waals surface area (Å²) >= 11 is 1.59. The zero-order valence-corrected chi connectivity index (χ0v) is 22.5. The monoisotopic (exact) mass is 487 g/mol. The number of benzene rings is 2. The Bertz CT molecular complexity index is 1020. The molecule has 0 spiro atoms. The second-order valence-electron chi connectivity index (χ2n) is 9.43. The summed E-state index contributed by atoms with van der Waals surface area (Å²) < 4.78 is 22.5. The minimum atomic E-state index is -1.89. The van der Waals surface area contributed by atoms with E-state index in [2.05, 4.69) is 33.9 Å². The molecule has 0 unspecified atom stereocenters. The van der Waals surface area contributed by atoms with Crippen molar-refractivity contribution in [1.29, 1.82) is 0 Å². The highest BCUT2D eigenvalue weighted by molar-refractivity contribution is 8.14. The van der Waals surface area contributed by atoms with Gasteiger partial charge in [0.25, 0.3) is 0 Å². The standard InChI is InChI=1S/C25H33NO5SSi/c1-25(2,3)33(7,8)31-18-11-9-16(10-12-18)24-26-19(15-32-24)22(27)17-13-20(28-4)23(30-6)21(14-17)29-5/h9-14,19H,15H2,1-8H3/t19-/m0/s1. The van der Waals surface area contributed by atoms with Gasteiger partial charge in [0.15, 0.2) is 17.3 Å². The Morgan fingerprint density at radius 3 is 2.06 bits per heavy atom. The van der Waals surface area contributed by atoms with Gasteiger partial charge in [-0.05, 0) is 54.5 Å². The van der Waals surface area contributed by atoms with E-state index < -0.39 is 14.4 Å². The van der Waals surface area contributed by atoms with Crippen molar-refractivity contribution in [2.24, 2.45) is 4.99 Å². The van der Waals surface area contributed by atoms with E-state index in [0.717, 1.165) is 16.4 Å². The maximum absolute atomic E-state index is 13.2. The number of methoxy groups -OCH3 is 3. The molecule has 8 heteroatoms. The van der Waals surface area contributed by atoms with Crippen molar-refractivity contribution in [1.82, 2.24) is 0 Å². The molecule has 0 radical (unpaired) electrons. The van der Waals surface area contributed by atoms with E-state index in [1.54, 1.807) is 23.9 Å². The van der Waals surface area contributed by atoms with Crippen LogP contribution < -0.4 is 18.6 Å². The first-order chi connectivity index (χ1) is 15.5. The highest BCUT2D eigenvalue weighted by atomic mass is 32.2. The normalized spacial score (nSPS) is 16.2. The Kier molecular flexibility index (Phi) is 7.48. The quantitative estimate of drug-likeness (QED) is 0.344. The molecule has 178 valence electrons. The number of rotatable bonds is 8. The summed E-state index contributed by atoms with van der Waals surface area (Å²) in [5, 5.41) is 0.997. The molecule has 0 saturated carbocycles. The maximum atomic E-state index is 13.2. The molecule has 33 heavy (non-hydrogen) atoms. The molecule has 0 amide bonds. The Morgan fingerprint density at radius 1 is 1.00 bits per heavy atom. The van der Waals surface area contributed by atoms with Crippen molar-refractivity contribution in [2.75, 3.05) is 27.1 Å². The number of carbonyl (C=O) groups is 1. The van der Waals surface area contributed by atoms with Gasteiger partial charge in [-0.25, -0.2) is 0 Å². The summed E-state index contributed by atoms with van der Waals surface area (Å²) in [4.78, 5) is 17.9. The van der Waals surface area contributed by atoms with E-state index in [4.69, 9.17) is 23.6 Å². The topological polar surface area (TPSA) is 66.4 Å². The molecule has 2 aromatic rings. The van der Waals surface area contributed by atoms with Crippen LogP contribution in [0.3, 0.4) is 0 Å². The molecule has 1 heterocycles. The molecule has 0 aromatic heterocycles. The van der Waals surface area contributed by atoms with Crippen LogP contribution in [0.1, 0.15) is 36.7 Å². The Balaban J connectivity index is 1.78. The molecule has 1 aliphatic rings. The molecule has 1 atom stereocenters. The second-order valence-corrected chi connectivity index (χ2v) is 15.2. The lowest BCUT2D eigenvalue weighted by atomic mass is 10.0. The number of hydrogen-bond donors (Lipinski definition) is 0.